The van der Waals surface area contributed by atoms with Crippen LogP contribution in [0.2, 0.25) is 0 Å². The fourth-order valence-corrected chi connectivity index (χ4v) is 2.98. The molecule has 0 saturated carbocycles. The first-order valence-corrected chi connectivity index (χ1v) is 6.67. The molecular formula is C16H15NO3. The third-order valence-electron chi connectivity index (χ3n) is 3.89. The Bertz CT molecular complexity index is 759. The van der Waals surface area contributed by atoms with Crippen LogP contribution in [-0.4, -0.2) is 16.1 Å². The maximum Gasteiger partial charge on any atom is 0.341 e. The van der Waals surface area contributed by atoms with Crippen LogP contribution in [-0.2, 0) is 12.8 Å². The van der Waals surface area contributed by atoms with Crippen LogP contribution in [0, 0.1) is 6.92 Å². The molecule has 1 aliphatic rings. The number of pyridine rings is 1. The highest BCUT2D eigenvalue weighted by Gasteiger charge is 2.26. The summed E-state index contributed by atoms with van der Waals surface area (Å²) in [6.45, 7) is 1.93. The number of nitrogens with one attached hydrogen (secondary N) is 1. The zero-order chi connectivity index (χ0) is 14.3. The Balaban J connectivity index is 2.42. The Morgan fingerprint density at radius 1 is 1.25 bits per heavy atom. The van der Waals surface area contributed by atoms with Gasteiger partial charge in [0.2, 0.25) is 0 Å². The minimum atomic E-state index is -1.17. The van der Waals surface area contributed by atoms with Crippen molar-refractivity contribution in [3.05, 3.63) is 57.0 Å². The lowest BCUT2D eigenvalue weighted by molar-refractivity contribution is 0.0695. The van der Waals surface area contributed by atoms with E-state index in [1.807, 2.05) is 31.2 Å². The molecule has 1 aromatic carbocycles. The average Bonchev–Trinajstić information content (AvgIpc) is 2.85. The molecule has 20 heavy (non-hydrogen) atoms. The molecule has 2 N–H and O–H groups in total. The summed E-state index contributed by atoms with van der Waals surface area (Å²) in [5.41, 5.74) is 3.65. The van der Waals surface area contributed by atoms with E-state index in [2.05, 4.69) is 4.98 Å². The predicted molar refractivity (Wildman–Crippen MR) is 76.2 cm³/mol. The topological polar surface area (TPSA) is 70.2 Å². The van der Waals surface area contributed by atoms with Gasteiger partial charge in [-0.1, -0.05) is 24.3 Å². The van der Waals surface area contributed by atoms with E-state index in [9.17, 15) is 14.7 Å². The van der Waals surface area contributed by atoms with Crippen LogP contribution in [0.5, 0.6) is 0 Å². The highest BCUT2D eigenvalue weighted by molar-refractivity contribution is 5.97. The van der Waals surface area contributed by atoms with Crippen LogP contribution in [0.1, 0.15) is 33.6 Å². The van der Waals surface area contributed by atoms with Crippen LogP contribution >= 0.6 is 0 Å². The van der Waals surface area contributed by atoms with Gasteiger partial charge in [-0.2, -0.15) is 0 Å². The molecule has 102 valence electrons. The number of aromatic nitrogens is 1. The summed E-state index contributed by atoms with van der Waals surface area (Å²) in [7, 11) is 0. The molecule has 2 aromatic rings. The van der Waals surface area contributed by atoms with E-state index in [0.29, 0.717) is 5.56 Å². The predicted octanol–water partition coefficient (Wildman–Crippen LogP) is 2.54. The zero-order valence-electron chi connectivity index (χ0n) is 11.2. The molecule has 0 bridgehead atoms. The van der Waals surface area contributed by atoms with E-state index >= 15 is 0 Å². The quantitative estimate of drug-likeness (QED) is 0.880. The first kappa shape index (κ1) is 12.7. The number of aryl methyl sites for hydroxylation is 2. The van der Waals surface area contributed by atoms with Crippen molar-refractivity contribution < 1.29 is 9.90 Å². The first-order chi connectivity index (χ1) is 9.59. The third-order valence-corrected chi connectivity index (χ3v) is 3.89. The highest BCUT2D eigenvalue weighted by atomic mass is 16.4. The van der Waals surface area contributed by atoms with Crippen molar-refractivity contribution in [2.24, 2.45) is 0 Å². The Hall–Kier alpha value is -2.36. The van der Waals surface area contributed by atoms with Crippen LogP contribution in [0.3, 0.4) is 0 Å². The zero-order valence-corrected chi connectivity index (χ0v) is 11.2. The van der Waals surface area contributed by atoms with Gasteiger partial charge in [0.15, 0.2) is 0 Å². The molecule has 0 aliphatic heterocycles. The Morgan fingerprint density at radius 2 is 2.00 bits per heavy atom. The number of benzene rings is 1. The van der Waals surface area contributed by atoms with Gasteiger partial charge in [-0.25, -0.2) is 4.79 Å². The lowest BCUT2D eigenvalue weighted by Gasteiger charge is -2.14. The van der Waals surface area contributed by atoms with Gasteiger partial charge in [-0.15, -0.1) is 0 Å². The molecule has 1 heterocycles. The minimum Gasteiger partial charge on any atom is -0.477 e. The van der Waals surface area contributed by atoms with Gasteiger partial charge in [0.05, 0.1) is 0 Å². The Kier molecular flexibility index (Phi) is 2.93. The lowest BCUT2D eigenvalue weighted by atomic mass is 9.92. The second kappa shape index (κ2) is 4.63. The summed E-state index contributed by atoms with van der Waals surface area (Å²) in [4.78, 5) is 26.3. The van der Waals surface area contributed by atoms with Crippen LogP contribution in [0.25, 0.3) is 11.1 Å². The second-order valence-electron chi connectivity index (χ2n) is 5.13. The Morgan fingerprint density at radius 3 is 2.70 bits per heavy atom. The van der Waals surface area contributed by atoms with Crippen molar-refractivity contribution >= 4 is 5.97 Å². The average molecular weight is 269 g/mol. The van der Waals surface area contributed by atoms with E-state index in [0.717, 1.165) is 41.6 Å². The largest absolute Gasteiger partial charge is 0.477 e. The number of carboxylic acid groups (broad SMARTS) is 1. The van der Waals surface area contributed by atoms with Crippen molar-refractivity contribution in [1.82, 2.24) is 4.98 Å². The molecule has 3 rings (SSSR count). The molecule has 4 heteroatoms. The number of aromatic amines is 1. The molecule has 4 nitrogen and oxygen atoms in total. The van der Waals surface area contributed by atoms with Gasteiger partial charge < -0.3 is 10.1 Å². The molecule has 1 aliphatic carbocycles. The van der Waals surface area contributed by atoms with E-state index in [1.165, 1.54) is 0 Å². The van der Waals surface area contributed by atoms with Gasteiger partial charge in [-0.3, -0.25) is 4.79 Å². The molecule has 0 amide bonds. The van der Waals surface area contributed by atoms with Gasteiger partial charge in [-0.05, 0) is 42.9 Å². The number of rotatable bonds is 2. The van der Waals surface area contributed by atoms with Gasteiger partial charge in [0.25, 0.3) is 5.56 Å². The first-order valence-electron chi connectivity index (χ1n) is 6.67. The number of H-pyrrole nitrogens is 1. The summed E-state index contributed by atoms with van der Waals surface area (Å²) in [5.74, 6) is -1.17. The summed E-state index contributed by atoms with van der Waals surface area (Å²) in [6.07, 6.45) is 2.58. The molecule has 1 aromatic heterocycles. The number of hydrogen-bond acceptors (Lipinski definition) is 2. The van der Waals surface area contributed by atoms with Crippen molar-refractivity contribution in [1.29, 1.82) is 0 Å². The van der Waals surface area contributed by atoms with Crippen molar-refractivity contribution in [2.75, 3.05) is 0 Å². The summed E-state index contributed by atoms with van der Waals surface area (Å²) >= 11 is 0. The fraction of sp³-hybridized carbons (Fsp3) is 0.250. The molecule has 0 atom stereocenters. The summed E-state index contributed by atoms with van der Waals surface area (Å²) < 4.78 is 0. The number of aromatic carboxylic acids is 1. The number of carbonyl (C=O) groups is 1. The third kappa shape index (κ3) is 1.84. The van der Waals surface area contributed by atoms with Gasteiger partial charge >= 0.3 is 5.97 Å². The van der Waals surface area contributed by atoms with Crippen LogP contribution < -0.4 is 5.56 Å². The van der Waals surface area contributed by atoms with Crippen LogP contribution in [0.4, 0.5) is 0 Å². The lowest BCUT2D eigenvalue weighted by Crippen LogP contribution is -2.21. The maximum atomic E-state index is 12.1. The number of hydrogen-bond donors (Lipinski definition) is 2. The van der Waals surface area contributed by atoms with Crippen LogP contribution in [0.15, 0.2) is 29.1 Å². The monoisotopic (exact) mass is 269 g/mol. The standard InChI is InChI=1S/C16H15NO3/c1-9-5-2-3-6-10(9)13-11-7-4-8-12(11)17-15(18)14(13)16(19)20/h2-3,5-6H,4,7-8H2,1H3,(H,17,18)(H,19,20). The highest BCUT2D eigenvalue weighted by Crippen LogP contribution is 2.34. The fourth-order valence-electron chi connectivity index (χ4n) is 2.98. The van der Waals surface area contributed by atoms with E-state index in [4.69, 9.17) is 0 Å². The van der Waals surface area contributed by atoms with Crippen molar-refractivity contribution in [2.45, 2.75) is 26.2 Å². The molecule has 0 fully saturated rings. The normalized spacial score (nSPS) is 13.2. The molecule has 0 saturated heterocycles. The SMILES string of the molecule is Cc1ccccc1-c1c2c([nH]c(=O)c1C(=O)O)CCC2. The molecule has 0 spiro atoms. The van der Waals surface area contributed by atoms with E-state index < -0.39 is 11.5 Å². The molecule has 0 radical (unpaired) electrons. The van der Waals surface area contributed by atoms with Crippen molar-refractivity contribution in [3.8, 4) is 11.1 Å². The molecular weight excluding hydrogens is 254 g/mol. The summed E-state index contributed by atoms with van der Waals surface area (Å²) in [6, 6.07) is 7.60. The second-order valence-corrected chi connectivity index (χ2v) is 5.13. The number of carboxylic acids is 1. The summed E-state index contributed by atoms with van der Waals surface area (Å²) in [5, 5.41) is 9.41. The number of fused-ring (bicyclic) bond motifs is 1. The van der Waals surface area contributed by atoms with Gasteiger partial charge in [0, 0.05) is 11.3 Å². The smallest absolute Gasteiger partial charge is 0.341 e. The minimum absolute atomic E-state index is 0.139. The Labute approximate surface area is 116 Å². The van der Waals surface area contributed by atoms with Gasteiger partial charge in [0.1, 0.15) is 5.56 Å². The van der Waals surface area contributed by atoms with E-state index in [-0.39, 0.29) is 5.56 Å². The van der Waals surface area contributed by atoms with Crippen molar-refractivity contribution in [3.63, 3.8) is 0 Å². The van der Waals surface area contributed by atoms with E-state index in [1.54, 1.807) is 0 Å². The molecule has 0 unspecified atom stereocenters. The maximum absolute atomic E-state index is 12.1.